The molecule has 0 saturated heterocycles. The van der Waals surface area contributed by atoms with Crippen molar-refractivity contribution in [2.24, 2.45) is 5.92 Å². The molecule has 1 atom stereocenters. The Labute approximate surface area is 162 Å². The van der Waals surface area contributed by atoms with Crippen molar-refractivity contribution in [3.05, 3.63) is 35.0 Å². The van der Waals surface area contributed by atoms with Crippen molar-refractivity contribution in [3.8, 4) is 11.4 Å². The number of fused-ring (bicyclic) bond motifs is 1. The van der Waals surface area contributed by atoms with Gasteiger partial charge in [-0.15, -0.1) is 9.73 Å². The number of carbonyl (C=O) groups is 2. The van der Waals surface area contributed by atoms with E-state index in [-0.39, 0.29) is 17.7 Å². The third-order valence-electron chi connectivity index (χ3n) is 4.29. The molecule has 142 valence electrons. The Kier molecular flexibility index (Phi) is 5.06. The fourth-order valence-corrected chi connectivity index (χ4v) is 3.15. The van der Waals surface area contributed by atoms with Crippen LogP contribution in [0.15, 0.2) is 24.3 Å². The van der Waals surface area contributed by atoms with Gasteiger partial charge in [0.25, 0.3) is 0 Å². The molecular weight excluding hydrogens is 366 g/mol. The summed E-state index contributed by atoms with van der Waals surface area (Å²) in [7, 11) is 0. The lowest BCUT2D eigenvalue weighted by Crippen LogP contribution is -2.21. The normalized spacial score (nSPS) is 12.9. The molecular formula is C19H22ClN5O2. The number of anilines is 1. The number of carbonyl (C=O) groups excluding carboxylic acids is 2. The van der Waals surface area contributed by atoms with Crippen LogP contribution in [0.3, 0.4) is 0 Å². The first-order chi connectivity index (χ1) is 12.7. The van der Waals surface area contributed by atoms with Gasteiger partial charge in [-0.05, 0) is 12.1 Å². The molecule has 1 unspecified atom stereocenters. The van der Waals surface area contributed by atoms with Gasteiger partial charge in [0.2, 0.25) is 5.91 Å². The highest BCUT2D eigenvalue weighted by atomic mass is 35.5. The maximum Gasteiger partial charge on any atom is 0.227 e. The molecule has 0 aliphatic rings. The van der Waals surface area contributed by atoms with Crippen LogP contribution in [0.4, 0.5) is 5.69 Å². The monoisotopic (exact) mass is 387 g/mol. The van der Waals surface area contributed by atoms with Crippen LogP contribution >= 0.6 is 11.6 Å². The molecule has 2 N–H and O–H groups in total. The number of nitrogens with one attached hydrogen (secondary N) is 2. The van der Waals surface area contributed by atoms with E-state index in [1.807, 2.05) is 39.0 Å². The van der Waals surface area contributed by atoms with Gasteiger partial charge in [0.15, 0.2) is 11.5 Å². The first-order valence-corrected chi connectivity index (χ1v) is 9.09. The second kappa shape index (κ2) is 7.15. The first-order valence-electron chi connectivity index (χ1n) is 8.71. The van der Waals surface area contributed by atoms with Gasteiger partial charge in [-0.2, -0.15) is 5.10 Å². The molecule has 7 nitrogen and oxygen atoms in total. The molecule has 0 saturated carbocycles. The number of para-hydroxylation sites is 1. The summed E-state index contributed by atoms with van der Waals surface area (Å²) in [6, 6.07) is 7.31. The van der Waals surface area contributed by atoms with Gasteiger partial charge >= 0.3 is 0 Å². The van der Waals surface area contributed by atoms with E-state index in [0.717, 1.165) is 12.0 Å². The highest BCUT2D eigenvalue weighted by Crippen LogP contribution is 2.33. The van der Waals surface area contributed by atoms with Gasteiger partial charge in [0.05, 0.1) is 11.4 Å². The molecule has 0 radical (unpaired) electrons. The standard InChI is InChI=1S/C19H22ClN5O2/c1-11(9-10-26)18(27)21-13-8-6-5-7-12(13)16-22-17-14(20)15(19(2,3)4)23-25(17)24-16/h5-8,10-11H,9H2,1-4H3,(H,21,27)(H,22,24). The third-order valence-corrected chi connectivity index (χ3v) is 4.65. The Balaban J connectivity index is 1.98. The van der Waals surface area contributed by atoms with E-state index in [0.29, 0.717) is 27.7 Å². The molecule has 1 amide bonds. The number of benzene rings is 1. The summed E-state index contributed by atoms with van der Waals surface area (Å²) in [6.45, 7) is 7.81. The zero-order valence-electron chi connectivity index (χ0n) is 15.7. The number of aromatic nitrogens is 4. The fraction of sp³-hybridized carbons (Fsp3) is 0.368. The van der Waals surface area contributed by atoms with Crippen molar-refractivity contribution in [1.29, 1.82) is 0 Å². The van der Waals surface area contributed by atoms with E-state index in [1.54, 1.807) is 13.0 Å². The van der Waals surface area contributed by atoms with E-state index in [4.69, 9.17) is 11.6 Å². The van der Waals surface area contributed by atoms with Crippen molar-refractivity contribution in [3.63, 3.8) is 0 Å². The predicted molar refractivity (Wildman–Crippen MR) is 105 cm³/mol. The number of hydrogen-bond donors (Lipinski definition) is 2. The fourth-order valence-electron chi connectivity index (χ4n) is 2.70. The van der Waals surface area contributed by atoms with Crippen LogP contribution in [0.5, 0.6) is 0 Å². The molecule has 3 aromatic rings. The van der Waals surface area contributed by atoms with Crippen LogP contribution in [0, 0.1) is 5.92 Å². The highest BCUT2D eigenvalue weighted by Gasteiger charge is 2.25. The summed E-state index contributed by atoms with van der Waals surface area (Å²) in [5.74, 6) is -0.0917. The largest absolute Gasteiger partial charge is 0.325 e. The van der Waals surface area contributed by atoms with Gasteiger partial charge < -0.3 is 15.1 Å². The molecule has 0 bridgehead atoms. The van der Waals surface area contributed by atoms with Gasteiger partial charge in [-0.25, -0.2) is 0 Å². The molecule has 8 heteroatoms. The van der Waals surface area contributed by atoms with E-state index in [1.165, 1.54) is 4.63 Å². The van der Waals surface area contributed by atoms with Crippen LogP contribution in [-0.4, -0.2) is 32.0 Å². The number of hydrogen-bond acceptors (Lipinski definition) is 4. The molecule has 0 fully saturated rings. The van der Waals surface area contributed by atoms with Crippen molar-refractivity contribution in [1.82, 2.24) is 19.8 Å². The minimum atomic E-state index is -0.409. The zero-order valence-corrected chi connectivity index (χ0v) is 16.5. The highest BCUT2D eigenvalue weighted by molar-refractivity contribution is 6.34. The lowest BCUT2D eigenvalue weighted by Gasteiger charge is -2.15. The quantitative estimate of drug-likeness (QED) is 0.650. The molecule has 0 aliphatic carbocycles. The lowest BCUT2D eigenvalue weighted by molar-refractivity contribution is -0.121. The summed E-state index contributed by atoms with van der Waals surface area (Å²) in [5, 5.41) is 12.4. The summed E-state index contributed by atoms with van der Waals surface area (Å²) < 4.78 is 1.48. The third kappa shape index (κ3) is 3.73. The van der Waals surface area contributed by atoms with Gasteiger partial charge in [0.1, 0.15) is 11.3 Å². The molecule has 27 heavy (non-hydrogen) atoms. The van der Waals surface area contributed by atoms with E-state index in [9.17, 15) is 9.59 Å². The van der Waals surface area contributed by atoms with Crippen LogP contribution in [-0.2, 0) is 15.0 Å². The summed E-state index contributed by atoms with van der Waals surface area (Å²) in [6.07, 6.45) is 0.917. The van der Waals surface area contributed by atoms with Gasteiger partial charge in [-0.3, -0.25) is 4.79 Å². The van der Waals surface area contributed by atoms with Crippen LogP contribution < -0.4 is 5.32 Å². The minimum Gasteiger partial charge on any atom is -0.325 e. The number of aromatic amines is 1. The SMILES string of the molecule is CC(CC=O)C(=O)Nc1ccccc1-c1nn2nc(C(C)(C)C)c(Cl)c2[nH]1. The Hall–Kier alpha value is -2.67. The molecule has 2 heterocycles. The number of halogens is 1. The molecule has 0 spiro atoms. The van der Waals surface area contributed by atoms with Crippen molar-refractivity contribution < 1.29 is 9.59 Å². The summed E-state index contributed by atoms with van der Waals surface area (Å²) in [5.41, 5.74) is 2.48. The Morgan fingerprint density at radius 3 is 2.67 bits per heavy atom. The number of rotatable bonds is 5. The van der Waals surface area contributed by atoms with E-state index < -0.39 is 5.92 Å². The van der Waals surface area contributed by atoms with Crippen molar-refractivity contribution >= 4 is 35.1 Å². The maximum atomic E-state index is 12.3. The Bertz CT molecular complexity index is 999. The zero-order chi connectivity index (χ0) is 19.8. The minimum absolute atomic E-state index is 0.174. The van der Waals surface area contributed by atoms with Crippen LogP contribution in [0.1, 0.15) is 39.8 Å². The van der Waals surface area contributed by atoms with Gasteiger partial charge in [0, 0.05) is 23.3 Å². The Morgan fingerprint density at radius 2 is 2.04 bits per heavy atom. The maximum absolute atomic E-state index is 12.3. The van der Waals surface area contributed by atoms with E-state index in [2.05, 4.69) is 20.5 Å². The number of H-pyrrole nitrogens is 1. The second-order valence-corrected chi connectivity index (χ2v) is 7.94. The first kappa shape index (κ1) is 19.1. The smallest absolute Gasteiger partial charge is 0.227 e. The lowest BCUT2D eigenvalue weighted by atomic mass is 9.92. The van der Waals surface area contributed by atoms with E-state index >= 15 is 0 Å². The number of amides is 1. The van der Waals surface area contributed by atoms with Crippen molar-refractivity contribution in [2.45, 2.75) is 39.5 Å². The molecule has 3 rings (SSSR count). The average molecular weight is 388 g/mol. The molecule has 0 aliphatic heterocycles. The van der Waals surface area contributed by atoms with Crippen molar-refractivity contribution in [2.75, 3.05) is 5.32 Å². The molecule has 1 aromatic carbocycles. The second-order valence-electron chi connectivity index (χ2n) is 7.56. The molecule has 2 aromatic heterocycles. The average Bonchev–Trinajstić information content (AvgIpc) is 3.15. The van der Waals surface area contributed by atoms with Gasteiger partial charge in [-0.1, -0.05) is 51.4 Å². The Morgan fingerprint density at radius 1 is 1.33 bits per heavy atom. The summed E-state index contributed by atoms with van der Waals surface area (Å²) in [4.78, 5) is 26.1. The number of aldehydes is 1. The number of nitrogens with zero attached hydrogens (tertiary/aromatic N) is 3. The summed E-state index contributed by atoms with van der Waals surface area (Å²) >= 11 is 6.49. The topological polar surface area (TPSA) is 92.2 Å². The predicted octanol–water partition coefficient (Wildman–Crippen LogP) is 3.84. The van der Waals surface area contributed by atoms with Crippen LogP contribution in [0.25, 0.3) is 17.0 Å². The van der Waals surface area contributed by atoms with Crippen LogP contribution in [0.2, 0.25) is 5.02 Å².